The maximum absolute atomic E-state index is 12.9. The quantitative estimate of drug-likeness (QED) is 0.530. The number of nitrogen functional groups attached to an aromatic ring is 1. The number of halogens is 3. The first-order valence-corrected chi connectivity index (χ1v) is 10.0. The van der Waals surface area contributed by atoms with Gasteiger partial charge in [0.1, 0.15) is 16.2 Å². The number of sulfone groups is 1. The van der Waals surface area contributed by atoms with Gasteiger partial charge in [-0.05, 0) is 32.0 Å². The van der Waals surface area contributed by atoms with Crippen LogP contribution in [0.3, 0.4) is 0 Å². The van der Waals surface area contributed by atoms with Crippen molar-refractivity contribution in [3.05, 3.63) is 36.8 Å². The SMILES string of the molecule is CC(C)S(=O)(=O)c1c(Nc2ccnc(N)n2)ccc2nccnc12.O=C(O)C(F)(F)F. The fourth-order valence-electron chi connectivity index (χ4n) is 2.21. The van der Waals surface area contributed by atoms with E-state index in [1.54, 1.807) is 32.0 Å². The summed E-state index contributed by atoms with van der Waals surface area (Å²) >= 11 is 0. The predicted molar refractivity (Wildman–Crippen MR) is 105 cm³/mol. The van der Waals surface area contributed by atoms with Crippen molar-refractivity contribution in [3.63, 3.8) is 0 Å². The van der Waals surface area contributed by atoms with E-state index in [-0.39, 0.29) is 10.8 Å². The standard InChI is InChI=1S/C15H16N6O2S.C2HF3O2/c1-9(2)24(22,23)14-11(20-12-5-6-19-15(16)21-12)4-3-10-13(14)18-8-7-17-10;3-2(4,5)1(6)7/h3-9H,1-2H3,(H3,16,19,20,21);(H,6,7). The molecule has 0 saturated heterocycles. The molecule has 2 heterocycles. The smallest absolute Gasteiger partial charge is 0.475 e. The number of hydrogen-bond acceptors (Lipinski definition) is 9. The van der Waals surface area contributed by atoms with Gasteiger partial charge in [-0.1, -0.05) is 0 Å². The maximum Gasteiger partial charge on any atom is 0.490 e. The topological polar surface area (TPSA) is 161 Å². The van der Waals surface area contributed by atoms with Gasteiger partial charge < -0.3 is 16.2 Å². The molecule has 10 nitrogen and oxygen atoms in total. The molecule has 0 atom stereocenters. The van der Waals surface area contributed by atoms with Crippen molar-refractivity contribution in [2.75, 3.05) is 11.1 Å². The molecule has 2 aromatic heterocycles. The molecule has 0 fully saturated rings. The van der Waals surface area contributed by atoms with Gasteiger partial charge in [-0.15, -0.1) is 0 Å². The summed E-state index contributed by atoms with van der Waals surface area (Å²) in [6.07, 6.45) is -0.609. The summed E-state index contributed by atoms with van der Waals surface area (Å²) in [6, 6.07) is 4.95. The van der Waals surface area contributed by atoms with E-state index in [2.05, 4.69) is 25.3 Å². The molecule has 0 radical (unpaired) electrons. The number of anilines is 3. The molecule has 0 aliphatic heterocycles. The number of fused-ring (bicyclic) bond motifs is 1. The number of alkyl halides is 3. The molecular weight excluding hydrogens is 441 g/mol. The monoisotopic (exact) mass is 458 g/mol. The lowest BCUT2D eigenvalue weighted by atomic mass is 10.2. The summed E-state index contributed by atoms with van der Waals surface area (Å²) in [6.45, 7) is 3.24. The summed E-state index contributed by atoms with van der Waals surface area (Å²) < 4.78 is 57.5. The first kappa shape index (κ1) is 23.7. The van der Waals surface area contributed by atoms with E-state index in [0.717, 1.165) is 0 Å². The van der Waals surface area contributed by atoms with E-state index < -0.39 is 27.2 Å². The summed E-state index contributed by atoms with van der Waals surface area (Å²) in [7, 11) is -3.60. The van der Waals surface area contributed by atoms with Crippen LogP contribution < -0.4 is 11.1 Å². The number of aliphatic carboxylic acids is 1. The van der Waals surface area contributed by atoms with E-state index in [1.165, 1.54) is 18.6 Å². The van der Waals surface area contributed by atoms with Crippen molar-refractivity contribution in [2.24, 2.45) is 0 Å². The number of nitrogens with one attached hydrogen (secondary N) is 1. The van der Waals surface area contributed by atoms with Crippen molar-refractivity contribution < 1.29 is 31.5 Å². The summed E-state index contributed by atoms with van der Waals surface area (Å²) in [5.74, 6) is -2.27. The molecule has 1 aromatic carbocycles. The van der Waals surface area contributed by atoms with Crippen LogP contribution in [-0.2, 0) is 14.6 Å². The van der Waals surface area contributed by atoms with Crippen LogP contribution in [-0.4, -0.2) is 50.9 Å². The Labute approximate surface area is 174 Å². The summed E-state index contributed by atoms with van der Waals surface area (Å²) in [5.41, 5.74) is 6.76. The van der Waals surface area contributed by atoms with Crippen LogP contribution >= 0.6 is 0 Å². The lowest BCUT2D eigenvalue weighted by Crippen LogP contribution is -2.21. The predicted octanol–water partition coefficient (Wildman–Crippen LogP) is 2.56. The van der Waals surface area contributed by atoms with E-state index in [0.29, 0.717) is 22.5 Å². The van der Waals surface area contributed by atoms with Crippen molar-refractivity contribution in [2.45, 2.75) is 30.2 Å². The number of aromatic nitrogens is 4. The number of benzene rings is 1. The summed E-state index contributed by atoms with van der Waals surface area (Å²) in [5, 5.41) is 9.50. The van der Waals surface area contributed by atoms with Gasteiger partial charge in [0.05, 0.1) is 16.5 Å². The molecule has 0 aliphatic carbocycles. The molecule has 3 aromatic rings. The molecule has 166 valence electrons. The number of carboxylic acids is 1. The van der Waals surface area contributed by atoms with Crippen LogP contribution in [0, 0.1) is 0 Å². The van der Waals surface area contributed by atoms with Crippen LogP contribution in [0.5, 0.6) is 0 Å². The van der Waals surface area contributed by atoms with E-state index in [1.807, 2.05) is 0 Å². The lowest BCUT2D eigenvalue weighted by molar-refractivity contribution is -0.192. The molecule has 0 spiro atoms. The fraction of sp³-hybridized carbons (Fsp3) is 0.235. The van der Waals surface area contributed by atoms with Gasteiger partial charge in [0.15, 0.2) is 9.84 Å². The van der Waals surface area contributed by atoms with Crippen LogP contribution in [0.4, 0.5) is 30.6 Å². The molecule has 0 saturated carbocycles. The van der Waals surface area contributed by atoms with Gasteiger partial charge in [-0.3, -0.25) is 9.97 Å². The Morgan fingerprint density at radius 3 is 2.26 bits per heavy atom. The van der Waals surface area contributed by atoms with Gasteiger partial charge in [-0.2, -0.15) is 18.2 Å². The molecule has 3 rings (SSSR count). The van der Waals surface area contributed by atoms with Crippen molar-refractivity contribution in [1.29, 1.82) is 0 Å². The number of nitrogens with zero attached hydrogens (tertiary/aromatic N) is 4. The number of rotatable bonds is 4. The fourth-order valence-corrected chi connectivity index (χ4v) is 3.54. The number of carboxylic acid groups (broad SMARTS) is 1. The van der Waals surface area contributed by atoms with Crippen molar-refractivity contribution in [1.82, 2.24) is 19.9 Å². The average Bonchev–Trinajstić information content (AvgIpc) is 2.67. The second-order valence-electron chi connectivity index (χ2n) is 6.19. The highest BCUT2D eigenvalue weighted by molar-refractivity contribution is 7.92. The zero-order valence-corrected chi connectivity index (χ0v) is 16.9. The molecule has 14 heteroatoms. The van der Waals surface area contributed by atoms with Crippen LogP contribution in [0.25, 0.3) is 11.0 Å². The largest absolute Gasteiger partial charge is 0.490 e. The molecule has 31 heavy (non-hydrogen) atoms. The summed E-state index contributed by atoms with van der Waals surface area (Å²) in [4.78, 5) is 25.2. The number of hydrogen-bond donors (Lipinski definition) is 3. The Bertz CT molecular complexity index is 1200. The van der Waals surface area contributed by atoms with E-state index in [9.17, 15) is 21.6 Å². The molecule has 4 N–H and O–H groups in total. The Morgan fingerprint density at radius 1 is 1.10 bits per heavy atom. The Hall–Kier alpha value is -3.55. The van der Waals surface area contributed by atoms with Gasteiger partial charge in [0.2, 0.25) is 5.95 Å². The zero-order valence-electron chi connectivity index (χ0n) is 16.1. The van der Waals surface area contributed by atoms with Crippen LogP contribution in [0.1, 0.15) is 13.8 Å². The molecule has 0 unspecified atom stereocenters. The third-order valence-corrected chi connectivity index (χ3v) is 5.90. The molecule has 0 amide bonds. The van der Waals surface area contributed by atoms with Crippen LogP contribution in [0.2, 0.25) is 0 Å². The third-order valence-electron chi connectivity index (χ3n) is 3.68. The van der Waals surface area contributed by atoms with Crippen LogP contribution in [0.15, 0.2) is 41.7 Å². The second-order valence-corrected chi connectivity index (χ2v) is 8.63. The van der Waals surface area contributed by atoms with E-state index in [4.69, 9.17) is 15.6 Å². The van der Waals surface area contributed by atoms with Crippen molar-refractivity contribution >= 4 is 44.3 Å². The molecule has 0 aliphatic rings. The molecule has 0 bridgehead atoms. The van der Waals surface area contributed by atoms with Gasteiger partial charge in [0, 0.05) is 18.6 Å². The number of nitrogens with two attached hydrogens (primary N) is 1. The first-order valence-electron chi connectivity index (χ1n) is 8.47. The first-order chi connectivity index (χ1) is 14.3. The number of carbonyl (C=O) groups is 1. The third kappa shape index (κ3) is 5.75. The van der Waals surface area contributed by atoms with Gasteiger partial charge in [-0.25, -0.2) is 18.2 Å². The molecular formula is C17H17F3N6O4S. The highest BCUT2D eigenvalue weighted by atomic mass is 32.2. The highest BCUT2D eigenvalue weighted by Gasteiger charge is 2.38. The minimum atomic E-state index is -5.08. The van der Waals surface area contributed by atoms with Gasteiger partial charge >= 0.3 is 12.1 Å². The average molecular weight is 458 g/mol. The lowest BCUT2D eigenvalue weighted by Gasteiger charge is -2.15. The minimum absolute atomic E-state index is 0.0915. The highest BCUT2D eigenvalue weighted by Crippen LogP contribution is 2.32. The Balaban J connectivity index is 0.000000423. The Kier molecular flexibility index (Phi) is 6.95. The zero-order chi connectivity index (χ0) is 23.4. The Morgan fingerprint density at radius 2 is 1.71 bits per heavy atom. The minimum Gasteiger partial charge on any atom is -0.475 e. The van der Waals surface area contributed by atoms with Gasteiger partial charge in [0.25, 0.3) is 0 Å². The van der Waals surface area contributed by atoms with Crippen molar-refractivity contribution in [3.8, 4) is 0 Å². The normalized spacial score (nSPS) is 11.7. The van der Waals surface area contributed by atoms with E-state index >= 15 is 0 Å². The second kappa shape index (κ2) is 9.07. The maximum atomic E-state index is 12.9.